The van der Waals surface area contributed by atoms with Gasteiger partial charge in [-0.3, -0.25) is 0 Å². The van der Waals surface area contributed by atoms with E-state index in [4.69, 9.17) is 23.2 Å². The number of halogens is 2. The molecule has 0 fully saturated rings. The number of thioether (sulfide) groups is 1. The summed E-state index contributed by atoms with van der Waals surface area (Å²) in [5.41, 5.74) is 2.15. The van der Waals surface area contributed by atoms with Crippen molar-refractivity contribution in [2.45, 2.75) is 37.5 Å². The molecule has 0 N–H and O–H groups in total. The first-order valence-electron chi connectivity index (χ1n) is 10.4. The summed E-state index contributed by atoms with van der Waals surface area (Å²) in [6.07, 6.45) is 5.09. The van der Waals surface area contributed by atoms with Crippen molar-refractivity contribution in [2.24, 2.45) is 0 Å². The Labute approximate surface area is 207 Å². The molecule has 0 bridgehead atoms. The lowest BCUT2D eigenvalue weighted by atomic mass is 10.1. The van der Waals surface area contributed by atoms with Gasteiger partial charge in [0.15, 0.2) is 0 Å². The second-order valence-electron chi connectivity index (χ2n) is 7.65. The van der Waals surface area contributed by atoms with Crippen LogP contribution in [0, 0.1) is 0 Å². The molecular formula is C23H22Cl2NO3S3-. The van der Waals surface area contributed by atoms with E-state index < -0.39 is 10.1 Å². The van der Waals surface area contributed by atoms with Crippen molar-refractivity contribution in [3.8, 4) is 0 Å². The van der Waals surface area contributed by atoms with Gasteiger partial charge in [0, 0.05) is 36.8 Å². The highest BCUT2D eigenvalue weighted by Crippen LogP contribution is 2.48. The third kappa shape index (κ3) is 5.46. The Bertz CT molecular complexity index is 1290. The van der Waals surface area contributed by atoms with Crippen LogP contribution in [-0.2, 0) is 16.5 Å². The molecule has 4 rings (SSSR count). The molecule has 0 saturated carbocycles. The summed E-state index contributed by atoms with van der Waals surface area (Å²) in [4.78, 5) is 4.53. The fourth-order valence-corrected chi connectivity index (χ4v) is 6.97. The minimum absolute atomic E-state index is 0.281. The van der Waals surface area contributed by atoms with Crippen molar-refractivity contribution in [3.63, 3.8) is 0 Å². The maximum atomic E-state index is 11.1. The largest absolute Gasteiger partial charge is 0.748 e. The van der Waals surface area contributed by atoms with E-state index >= 15 is 0 Å². The Balaban J connectivity index is 1.75. The highest BCUT2D eigenvalue weighted by atomic mass is 35.5. The summed E-state index contributed by atoms with van der Waals surface area (Å²) in [5, 5.41) is 3.48. The Morgan fingerprint density at radius 2 is 1.84 bits per heavy atom. The summed E-state index contributed by atoms with van der Waals surface area (Å²) in [5.74, 6) is -0.373. The molecular weight excluding hydrogens is 505 g/mol. The Morgan fingerprint density at radius 3 is 2.59 bits per heavy atom. The van der Waals surface area contributed by atoms with Crippen molar-refractivity contribution in [3.05, 3.63) is 61.9 Å². The van der Waals surface area contributed by atoms with E-state index in [9.17, 15) is 13.0 Å². The normalized spacial score (nSPS) is 15.1. The van der Waals surface area contributed by atoms with Crippen LogP contribution < -0.4 is 4.90 Å². The topological polar surface area (TPSA) is 60.4 Å². The number of hydrogen-bond donors (Lipinski definition) is 0. The number of aryl methyl sites for hydroxylation is 1. The monoisotopic (exact) mass is 526 g/mol. The van der Waals surface area contributed by atoms with Gasteiger partial charge in [-0.05, 0) is 72.7 Å². The van der Waals surface area contributed by atoms with E-state index in [2.05, 4.69) is 17.9 Å². The highest BCUT2D eigenvalue weighted by molar-refractivity contribution is 8.03. The molecule has 0 radical (unpaired) electrons. The van der Waals surface area contributed by atoms with Crippen LogP contribution in [0.15, 0.2) is 46.3 Å². The number of fused-ring (bicyclic) bond motifs is 2. The number of rotatable bonds is 8. The van der Waals surface area contributed by atoms with Crippen molar-refractivity contribution < 1.29 is 13.0 Å². The van der Waals surface area contributed by atoms with Gasteiger partial charge < -0.3 is 9.45 Å². The minimum atomic E-state index is -4.25. The number of unbranched alkanes of at least 4 members (excludes halogenated alkanes) is 1. The average molecular weight is 528 g/mol. The summed E-state index contributed by atoms with van der Waals surface area (Å²) >= 11 is 15.9. The lowest BCUT2D eigenvalue weighted by Crippen LogP contribution is -2.18. The lowest BCUT2D eigenvalue weighted by molar-refractivity contribution is 0.461. The first kappa shape index (κ1) is 23.9. The van der Waals surface area contributed by atoms with Crippen LogP contribution in [0.5, 0.6) is 0 Å². The maximum Gasteiger partial charge on any atom is 0.0946 e. The predicted molar refractivity (Wildman–Crippen MR) is 137 cm³/mol. The quantitative estimate of drug-likeness (QED) is 0.286. The van der Waals surface area contributed by atoms with Gasteiger partial charge in [-0.1, -0.05) is 48.3 Å². The molecule has 1 aliphatic rings. The fourth-order valence-electron chi connectivity index (χ4n) is 3.78. The zero-order valence-electron chi connectivity index (χ0n) is 17.4. The van der Waals surface area contributed by atoms with Gasteiger partial charge in [-0.2, -0.15) is 0 Å². The van der Waals surface area contributed by atoms with Crippen molar-refractivity contribution >= 4 is 78.3 Å². The van der Waals surface area contributed by atoms with Crippen LogP contribution >= 0.6 is 46.3 Å². The molecule has 0 spiro atoms. The molecule has 0 unspecified atom stereocenters. The van der Waals surface area contributed by atoms with Gasteiger partial charge in [0.05, 0.1) is 20.8 Å². The number of hydrogen-bond acceptors (Lipinski definition) is 6. The zero-order valence-corrected chi connectivity index (χ0v) is 21.4. The summed E-state index contributed by atoms with van der Waals surface area (Å²) < 4.78 is 34.5. The molecule has 2 heterocycles. The van der Waals surface area contributed by atoms with Gasteiger partial charge in [-0.25, -0.2) is 8.42 Å². The van der Waals surface area contributed by atoms with Crippen molar-refractivity contribution in [2.75, 3.05) is 17.2 Å². The van der Waals surface area contributed by atoms with Gasteiger partial charge in [-0.15, -0.1) is 11.3 Å². The van der Waals surface area contributed by atoms with E-state index in [1.165, 1.54) is 4.90 Å². The number of nitrogens with zero attached hydrogens (tertiary/aromatic N) is 1. The van der Waals surface area contributed by atoms with E-state index in [-0.39, 0.29) is 12.2 Å². The predicted octanol–water partition coefficient (Wildman–Crippen LogP) is 7.40. The minimum Gasteiger partial charge on any atom is -0.748 e. The molecule has 0 saturated heterocycles. The van der Waals surface area contributed by atoms with Gasteiger partial charge in [0.1, 0.15) is 0 Å². The van der Waals surface area contributed by atoms with Crippen LogP contribution in [0.1, 0.15) is 36.6 Å². The molecule has 32 heavy (non-hydrogen) atoms. The third-order valence-corrected chi connectivity index (χ3v) is 8.82. The van der Waals surface area contributed by atoms with E-state index in [1.54, 1.807) is 23.1 Å². The first-order chi connectivity index (χ1) is 15.2. The Kier molecular flexibility index (Phi) is 7.44. The molecule has 4 nitrogen and oxygen atoms in total. The zero-order chi connectivity index (χ0) is 22.9. The number of thiophene rings is 1. The van der Waals surface area contributed by atoms with Gasteiger partial charge in [0.2, 0.25) is 0 Å². The lowest BCUT2D eigenvalue weighted by Gasteiger charge is -2.20. The molecule has 170 valence electrons. The van der Waals surface area contributed by atoms with Gasteiger partial charge in [0.25, 0.3) is 0 Å². The van der Waals surface area contributed by atoms with E-state index in [0.29, 0.717) is 16.5 Å². The van der Waals surface area contributed by atoms with Crippen LogP contribution in [0.3, 0.4) is 0 Å². The second kappa shape index (κ2) is 9.95. The number of anilines is 1. The van der Waals surface area contributed by atoms with Crippen LogP contribution in [0.25, 0.3) is 16.2 Å². The number of benzene rings is 2. The molecule has 0 aliphatic carbocycles. The fraction of sp³-hybridized carbons (Fsp3) is 0.304. The average Bonchev–Trinajstić information content (AvgIpc) is 3.23. The molecule has 1 aromatic heterocycles. The molecule has 0 amide bonds. The highest BCUT2D eigenvalue weighted by Gasteiger charge is 2.26. The summed E-state index contributed by atoms with van der Waals surface area (Å²) in [7, 11) is -4.25. The SMILES string of the molecule is CCCCN1C(=Cc2sc3ccc(Cl)cc3c2CCCS(=O)(=O)[O-])Sc2ccc(Cl)cc21. The maximum absolute atomic E-state index is 11.1. The first-order valence-corrected chi connectivity index (χ1v) is 14.3. The van der Waals surface area contributed by atoms with E-state index in [1.807, 2.05) is 36.4 Å². The third-order valence-electron chi connectivity index (χ3n) is 5.29. The van der Waals surface area contributed by atoms with E-state index in [0.717, 1.165) is 50.6 Å². The van der Waals surface area contributed by atoms with Crippen LogP contribution in [-0.4, -0.2) is 25.3 Å². The standard InChI is InChI=1S/C23H23Cl2NO3S3/c1-2-3-10-26-19-13-16(25)7-9-21(19)31-23(26)14-22-17(5-4-11-32(27,28)29)18-12-15(24)6-8-20(18)30-22/h6-9,12-14H,2-5,10-11H2,1H3,(H,27,28,29)/p-1. The van der Waals surface area contributed by atoms with Gasteiger partial charge >= 0.3 is 0 Å². The molecule has 0 atom stereocenters. The smallest absolute Gasteiger partial charge is 0.0946 e. The molecule has 1 aliphatic heterocycles. The van der Waals surface area contributed by atoms with Crippen molar-refractivity contribution in [1.29, 1.82) is 0 Å². The molecule has 2 aromatic carbocycles. The molecule has 3 aromatic rings. The molecule has 9 heteroatoms. The Morgan fingerprint density at radius 1 is 1.09 bits per heavy atom. The van der Waals surface area contributed by atoms with Crippen LogP contribution in [0.4, 0.5) is 5.69 Å². The second-order valence-corrected chi connectivity index (χ2v) is 12.2. The van der Waals surface area contributed by atoms with Crippen molar-refractivity contribution in [1.82, 2.24) is 0 Å². The summed E-state index contributed by atoms with van der Waals surface area (Å²) in [6, 6.07) is 11.7. The Hall–Kier alpha value is -1.22. The summed E-state index contributed by atoms with van der Waals surface area (Å²) in [6.45, 7) is 3.06. The van der Waals surface area contributed by atoms with Crippen LogP contribution in [0.2, 0.25) is 10.0 Å².